The first kappa shape index (κ1) is 15.8. The number of carbonyl (C=O) groups excluding carboxylic acids is 1. The minimum atomic E-state index is -4.18. The number of esters is 1. The fraction of sp³-hybridized carbons (Fsp3) is 0.462. The van der Waals surface area contributed by atoms with Gasteiger partial charge in [-0.2, -0.15) is 4.31 Å². The number of ether oxygens (including phenoxy) is 1. The number of hydrogen-bond donors (Lipinski definition) is 0. The normalized spacial score (nSPS) is 20.2. The Kier molecular flexibility index (Phi) is 4.58. The van der Waals surface area contributed by atoms with E-state index in [1.165, 1.54) is 7.11 Å². The maximum Gasteiger partial charge on any atom is 0.309 e. The third-order valence-electron chi connectivity index (χ3n) is 3.43. The molecule has 1 aromatic carbocycles. The van der Waals surface area contributed by atoms with Crippen molar-refractivity contribution in [3.63, 3.8) is 0 Å². The molecule has 21 heavy (non-hydrogen) atoms. The zero-order valence-electron chi connectivity index (χ0n) is 11.4. The van der Waals surface area contributed by atoms with Crippen molar-refractivity contribution in [2.45, 2.75) is 17.7 Å². The summed E-state index contributed by atoms with van der Waals surface area (Å²) in [7, 11) is -2.96. The molecular formula is C13H15F2NO4S. The summed E-state index contributed by atoms with van der Waals surface area (Å²) < 4.78 is 57.2. The average molecular weight is 319 g/mol. The number of halogens is 2. The lowest BCUT2D eigenvalue weighted by Gasteiger charge is -2.30. The SMILES string of the molecule is COC(=O)C1CCCN(S(=O)(=O)c2cc(F)ccc2F)C1. The summed E-state index contributed by atoms with van der Waals surface area (Å²) in [5.74, 6) is -2.95. The molecule has 0 bridgehead atoms. The van der Waals surface area contributed by atoms with Gasteiger partial charge in [0.15, 0.2) is 0 Å². The highest BCUT2D eigenvalue weighted by atomic mass is 32.2. The fourth-order valence-electron chi connectivity index (χ4n) is 2.33. The predicted molar refractivity (Wildman–Crippen MR) is 69.9 cm³/mol. The first-order valence-corrected chi connectivity index (χ1v) is 7.83. The van der Waals surface area contributed by atoms with Crippen LogP contribution in [0.1, 0.15) is 12.8 Å². The van der Waals surface area contributed by atoms with Gasteiger partial charge in [0.05, 0.1) is 13.0 Å². The van der Waals surface area contributed by atoms with Crippen molar-refractivity contribution in [2.24, 2.45) is 5.92 Å². The number of nitrogens with zero attached hydrogens (tertiary/aromatic N) is 1. The van der Waals surface area contributed by atoms with Crippen LogP contribution in [-0.2, 0) is 19.6 Å². The molecule has 116 valence electrons. The number of sulfonamides is 1. The molecule has 1 fully saturated rings. The molecule has 0 aromatic heterocycles. The molecule has 1 unspecified atom stereocenters. The van der Waals surface area contributed by atoms with Crippen molar-refractivity contribution in [2.75, 3.05) is 20.2 Å². The van der Waals surface area contributed by atoms with E-state index in [0.29, 0.717) is 18.9 Å². The Morgan fingerprint density at radius 3 is 2.76 bits per heavy atom. The molecular weight excluding hydrogens is 304 g/mol. The highest BCUT2D eigenvalue weighted by Crippen LogP contribution is 2.26. The van der Waals surface area contributed by atoms with Gasteiger partial charge in [0.2, 0.25) is 10.0 Å². The van der Waals surface area contributed by atoms with Gasteiger partial charge in [0, 0.05) is 13.1 Å². The molecule has 0 N–H and O–H groups in total. The Balaban J connectivity index is 2.31. The van der Waals surface area contributed by atoms with E-state index < -0.39 is 38.4 Å². The lowest BCUT2D eigenvalue weighted by molar-refractivity contribution is -0.146. The van der Waals surface area contributed by atoms with E-state index in [9.17, 15) is 22.0 Å². The molecule has 8 heteroatoms. The van der Waals surface area contributed by atoms with Crippen LogP contribution in [0.15, 0.2) is 23.1 Å². The number of methoxy groups -OCH3 is 1. The number of hydrogen-bond acceptors (Lipinski definition) is 4. The Morgan fingerprint density at radius 2 is 2.10 bits per heavy atom. The summed E-state index contributed by atoms with van der Waals surface area (Å²) in [6, 6.07) is 2.26. The fourth-order valence-corrected chi connectivity index (χ4v) is 3.93. The summed E-state index contributed by atoms with van der Waals surface area (Å²) in [4.78, 5) is 10.8. The molecule has 1 aromatic rings. The lowest BCUT2D eigenvalue weighted by Crippen LogP contribution is -2.42. The number of benzene rings is 1. The highest BCUT2D eigenvalue weighted by molar-refractivity contribution is 7.89. The molecule has 0 spiro atoms. The van der Waals surface area contributed by atoms with E-state index in [2.05, 4.69) is 4.74 Å². The largest absolute Gasteiger partial charge is 0.469 e. The molecule has 0 radical (unpaired) electrons. The average Bonchev–Trinajstić information content (AvgIpc) is 2.49. The first-order valence-electron chi connectivity index (χ1n) is 6.39. The second-order valence-corrected chi connectivity index (χ2v) is 6.71. The van der Waals surface area contributed by atoms with Gasteiger partial charge in [0.1, 0.15) is 16.5 Å². The molecule has 1 heterocycles. The van der Waals surface area contributed by atoms with Crippen LogP contribution >= 0.6 is 0 Å². The van der Waals surface area contributed by atoms with Gasteiger partial charge >= 0.3 is 5.97 Å². The van der Waals surface area contributed by atoms with Crippen molar-refractivity contribution < 1.29 is 26.7 Å². The lowest BCUT2D eigenvalue weighted by atomic mass is 10.0. The number of carbonyl (C=O) groups is 1. The molecule has 1 aliphatic heterocycles. The third-order valence-corrected chi connectivity index (χ3v) is 5.31. The topological polar surface area (TPSA) is 63.7 Å². The maximum atomic E-state index is 13.7. The van der Waals surface area contributed by atoms with E-state index in [0.717, 1.165) is 16.4 Å². The monoisotopic (exact) mass is 319 g/mol. The summed E-state index contributed by atoms with van der Waals surface area (Å²) in [5, 5.41) is 0. The van der Waals surface area contributed by atoms with E-state index in [-0.39, 0.29) is 13.1 Å². The van der Waals surface area contributed by atoms with Crippen LogP contribution in [0.25, 0.3) is 0 Å². The van der Waals surface area contributed by atoms with Gasteiger partial charge < -0.3 is 4.74 Å². The highest BCUT2D eigenvalue weighted by Gasteiger charge is 2.35. The van der Waals surface area contributed by atoms with Crippen LogP contribution < -0.4 is 0 Å². The van der Waals surface area contributed by atoms with E-state index >= 15 is 0 Å². The molecule has 1 saturated heterocycles. The molecule has 0 saturated carbocycles. The van der Waals surface area contributed by atoms with Crippen LogP contribution in [0.2, 0.25) is 0 Å². The summed E-state index contributed by atoms with van der Waals surface area (Å²) in [6.45, 7) is 0.0662. The van der Waals surface area contributed by atoms with E-state index in [1.807, 2.05) is 0 Å². The van der Waals surface area contributed by atoms with Crippen LogP contribution in [0.3, 0.4) is 0 Å². The van der Waals surface area contributed by atoms with Gasteiger partial charge in [0.25, 0.3) is 0 Å². The minimum Gasteiger partial charge on any atom is -0.469 e. The Labute approximate surface area is 121 Å². The Hall–Kier alpha value is -1.54. The quantitative estimate of drug-likeness (QED) is 0.793. The van der Waals surface area contributed by atoms with Crippen LogP contribution in [-0.4, -0.2) is 38.9 Å². The van der Waals surface area contributed by atoms with Crippen LogP contribution in [0, 0.1) is 17.6 Å². The van der Waals surface area contributed by atoms with Crippen molar-refractivity contribution in [1.82, 2.24) is 4.31 Å². The summed E-state index contributed by atoms with van der Waals surface area (Å²) in [6.07, 6.45) is 0.959. The number of piperidine rings is 1. The second kappa shape index (κ2) is 6.07. The molecule has 0 amide bonds. The molecule has 2 rings (SSSR count). The van der Waals surface area contributed by atoms with Crippen molar-refractivity contribution >= 4 is 16.0 Å². The first-order chi connectivity index (χ1) is 9.86. The van der Waals surface area contributed by atoms with Gasteiger partial charge in [-0.15, -0.1) is 0 Å². The van der Waals surface area contributed by atoms with Crippen molar-refractivity contribution in [3.05, 3.63) is 29.8 Å². The van der Waals surface area contributed by atoms with Crippen molar-refractivity contribution in [3.8, 4) is 0 Å². The van der Waals surface area contributed by atoms with E-state index in [4.69, 9.17) is 0 Å². The Morgan fingerprint density at radius 1 is 1.38 bits per heavy atom. The van der Waals surface area contributed by atoms with Crippen molar-refractivity contribution in [1.29, 1.82) is 0 Å². The smallest absolute Gasteiger partial charge is 0.309 e. The van der Waals surface area contributed by atoms with Gasteiger partial charge in [-0.1, -0.05) is 0 Å². The third kappa shape index (κ3) is 3.21. The number of rotatable bonds is 3. The molecule has 0 aliphatic carbocycles. The Bertz CT molecular complexity index is 648. The standard InChI is InChI=1S/C13H15F2NO4S/c1-20-13(17)9-3-2-6-16(8-9)21(18,19)12-7-10(14)4-5-11(12)15/h4-5,7,9H,2-3,6,8H2,1H3. The van der Waals surface area contributed by atoms with Gasteiger partial charge in [-0.3, -0.25) is 4.79 Å². The maximum absolute atomic E-state index is 13.7. The van der Waals surface area contributed by atoms with Gasteiger partial charge in [-0.25, -0.2) is 17.2 Å². The summed E-state index contributed by atoms with van der Waals surface area (Å²) in [5.41, 5.74) is 0. The molecule has 5 nitrogen and oxygen atoms in total. The second-order valence-electron chi connectivity index (χ2n) is 4.80. The zero-order valence-corrected chi connectivity index (χ0v) is 12.2. The summed E-state index contributed by atoms with van der Waals surface area (Å²) >= 11 is 0. The zero-order chi connectivity index (χ0) is 15.6. The predicted octanol–water partition coefficient (Wildman–Crippen LogP) is 1.54. The van der Waals surface area contributed by atoms with Crippen LogP contribution in [0.4, 0.5) is 8.78 Å². The van der Waals surface area contributed by atoms with Crippen LogP contribution in [0.5, 0.6) is 0 Å². The van der Waals surface area contributed by atoms with Gasteiger partial charge in [-0.05, 0) is 31.0 Å². The molecule has 1 atom stereocenters. The van der Waals surface area contributed by atoms with E-state index in [1.54, 1.807) is 0 Å². The molecule has 1 aliphatic rings. The minimum absolute atomic E-state index is 0.0923.